The Balaban J connectivity index is 1.80. The van der Waals surface area contributed by atoms with Crippen LogP contribution in [0.15, 0.2) is 84.9 Å². The molecule has 0 unspecified atom stereocenters. The quantitative estimate of drug-likeness (QED) is 0.586. The number of aliphatic hydroxyl groups excluding tert-OH is 1. The second-order valence-electron chi connectivity index (χ2n) is 7.19. The molecule has 0 fully saturated rings. The van der Waals surface area contributed by atoms with Gasteiger partial charge in [-0.3, -0.25) is 0 Å². The van der Waals surface area contributed by atoms with E-state index in [-0.39, 0.29) is 12.6 Å². The van der Waals surface area contributed by atoms with Gasteiger partial charge in [-0.05, 0) is 36.1 Å². The lowest BCUT2D eigenvalue weighted by atomic mass is 9.99. The molecule has 4 nitrogen and oxygen atoms in total. The Morgan fingerprint density at radius 2 is 1.48 bits per heavy atom. The highest BCUT2D eigenvalue weighted by molar-refractivity contribution is 5.71. The third-order valence-corrected chi connectivity index (χ3v) is 4.75. The van der Waals surface area contributed by atoms with Gasteiger partial charge >= 0.3 is 6.09 Å². The van der Waals surface area contributed by atoms with Crippen molar-refractivity contribution in [1.29, 1.82) is 0 Å². The lowest BCUT2D eigenvalue weighted by molar-refractivity contribution is 0.0509. The van der Waals surface area contributed by atoms with E-state index >= 15 is 0 Å². The van der Waals surface area contributed by atoms with Crippen LogP contribution in [0.2, 0.25) is 0 Å². The van der Waals surface area contributed by atoms with Gasteiger partial charge in [-0.25, -0.2) is 4.79 Å². The third kappa shape index (κ3) is 5.69. The second kappa shape index (κ2) is 9.89. The maximum absolute atomic E-state index is 12.9. The number of nitrogens with zero attached hydrogens (tertiary/aromatic N) is 1. The van der Waals surface area contributed by atoms with Crippen LogP contribution in [0.4, 0.5) is 4.79 Å². The minimum absolute atomic E-state index is 0.198. The standard InChI is InChI=1S/C25H27NO3/c1-19(27)17-26(25(28)29-20(2)21-11-5-3-6-12-21)18-23-15-9-10-16-24(23)22-13-7-4-8-14-22/h3-16,19-20,27H,17-18H2,1-2H3/t19-,20+/m1/s1. The van der Waals surface area contributed by atoms with Crippen molar-refractivity contribution in [3.63, 3.8) is 0 Å². The Morgan fingerprint density at radius 3 is 2.14 bits per heavy atom. The molecule has 1 amide bonds. The highest BCUT2D eigenvalue weighted by Gasteiger charge is 2.21. The smallest absolute Gasteiger partial charge is 0.410 e. The van der Waals surface area contributed by atoms with Crippen molar-refractivity contribution in [2.45, 2.75) is 32.6 Å². The molecule has 0 bridgehead atoms. The number of aliphatic hydroxyl groups is 1. The average molecular weight is 389 g/mol. The second-order valence-corrected chi connectivity index (χ2v) is 7.19. The number of ether oxygens (including phenoxy) is 1. The summed E-state index contributed by atoms with van der Waals surface area (Å²) in [4.78, 5) is 14.5. The summed E-state index contributed by atoms with van der Waals surface area (Å²) in [5.41, 5.74) is 4.09. The lowest BCUT2D eigenvalue weighted by Gasteiger charge is -2.26. The molecule has 29 heavy (non-hydrogen) atoms. The van der Waals surface area contributed by atoms with Gasteiger partial charge in [-0.1, -0.05) is 84.9 Å². The van der Waals surface area contributed by atoms with Crippen LogP contribution in [0.25, 0.3) is 11.1 Å². The van der Waals surface area contributed by atoms with E-state index in [1.54, 1.807) is 11.8 Å². The molecule has 150 valence electrons. The number of amides is 1. The molecule has 0 aliphatic carbocycles. The molecular weight excluding hydrogens is 362 g/mol. The molecule has 0 aliphatic heterocycles. The number of hydrogen-bond donors (Lipinski definition) is 1. The molecule has 2 atom stereocenters. The summed E-state index contributed by atoms with van der Waals surface area (Å²) in [6.07, 6.45) is -1.46. The predicted octanol–water partition coefficient (Wildman–Crippen LogP) is 5.43. The fraction of sp³-hybridized carbons (Fsp3) is 0.240. The van der Waals surface area contributed by atoms with Gasteiger partial charge in [0, 0.05) is 6.54 Å². The Morgan fingerprint density at radius 1 is 0.897 bits per heavy atom. The van der Waals surface area contributed by atoms with Gasteiger partial charge < -0.3 is 14.7 Å². The van der Waals surface area contributed by atoms with Gasteiger partial charge in [0.1, 0.15) is 6.10 Å². The van der Waals surface area contributed by atoms with Crippen LogP contribution in [-0.4, -0.2) is 28.7 Å². The molecular formula is C25H27NO3. The number of benzene rings is 3. The summed E-state index contributed by atoms with van der Waals surface area (Å²) >= 11 is 0. The maximum atomic E-state index is 12.9. The highest BCUT2D eigenvalue weighted by Crippen LogP contribution is 2.25. The zero-order chi connectivity index (χ0) is 20.6. The fourth-order valence-electron chi connectivity index (χ4n) is 3.30. The Bertz CT molecular complexity index is 910. The van der Waals surface area contributed by atoms with Crippen LogP contribution < -0.4 is 0 Å². The Labute approximate surface area is 172 Å². The topological polar surface area (TPSA) is 49.8 Å². The van der Waals surface area contributed by atoms with Gasteiger partial charge in [0.25, 0.3) is 0 Å². The summed E-state index contributed by atoms with van der Waals surface area (Å²) < 4.78 is 5.69. The average Bonchev–Trinajstić information content (AvgIpc) is 2.74. The lowest BCUT2D eigenvalue weighted by Crippen LogP contribution is -2.37. The zero-order valence-electron chi connectivity index (χ0n) is 16.9. The first-order valence-corrected chi connectivity index (χ1v) is 9.86. The van der Waals surface area contributed by atoms with Gasteiger partial charge in [-0.15, -0.1) is 0 Å². The van der Waals surface area contributed by atoms with Crippen molar-refractivity contribution in [3.05, 3.63) is 96.1 Å². The molecule has 4 heteroatoms. The number of carbonyl (C=O) groups is 1. The van der Waals surface area contributed by atoms with E-state index in [0.717, 1.165) is 22.3 Å². The van der Waals surface area contributed by atoms with Crippen molar-refractivity contribution >= 4 is 6.09 Å². The van der Waals surface area contributed by atoms with Gasteiger partial charge in [0.2, 0.25) is 0 Å². The third-order valence-electron chi connectivity index (χ3n) is 4.75. The molecule has 0 saturated carbocycles. The van der Waals surface area contributed by atoms with Gasteiger partial charge in [-0.2, -0.15) is 0 Å². The van der Waals surface area contributed by atoms with E-state index in [9.17, 15) is 9.90 Å². The minimum atomic E-state index is -0.654. The summed E-state index contributed by atoms with van der Waals surface area (Å²) in [6, 6.07) is 27.7. The summed E-state index contributed by atoms with van der Waals surface area (Å²) in [5, 5.41) is 9.94. The largest absolute Gasteiger partial charge is 0.442 e. The first-order chi connectivity index (χ1) is 14.0. The molecule has 0 aromatic heterocycles. The molecule has 0 radical (unpaired) electrons. The van der Waals surface area contributed by atoms with Gasteiger partial charge in [0.05, 0.1) is 12.6 Å². The van der Waals surface area contributed by atoms with E-state index in [2.05, 4.69) is 0 Å². The van der Waals surface area contributed by atoms with Crippen molar-refractivity contribution in [2.75, 3.05) is 6.54 Å². The molecule has 3 aromatic carbocycles. The Kier molecular flexibility index (Phi) is 7.04. The zero-order valence-corrected chi connectivity index (χ0v) is 16.9. The van der Waals surface area contributed by atoms with Crippen LogP contribution in [0, 0.1) is 0 Å². The number of carbonyl (C=O) groups excluding carboxylic acids is 1. The van der Waals surface area contributed by atoms with Gasteiger partial charge in [0.15, 0.2) is 0 Å². The maximum Gasteiger partial charge on any atom is 0.410 e. The molecule has 3 rings (SSSR count). The molecule has 3 aromatic rings. The van der Waals surface area contributed by atoms with E-state index in [1.165, 1.54) is 0 Å². The van der Waals surface area contributed by atoms with Crippen molar-refractivity contribution in [1.82, 2.24) is 4.90 Å². The van der Waals surface area contributed by atoms with E-state index in [4.69, 9.17) is 4.74 Å². The van der Waals surface area contributed by atoms with Crippen LogP contribution in [0.5, 0.6) is 0 Å². The summed E-state index contributed by atoms with van der Waals surface area (Å²) in [7, 11) is 0. The molecule has 0 spiro atoms. The molecule has 1 N–H and O–H groups in total. The first-order valence-electron chi connectivity index (χ1n) is 9.86. The van der Waals surface area contributed by atoms with Crippen molar-refractivity contribution < 1.29 is 14.6 Å². The fourth-order valence-corrected chi connectivity index (χ4v) is 3.30. The van der Waals surface area contributed by atoms with Crippen LogP contribution in [0.3, 0.4) is 0 Å². The highest BCUT2D eigenvalue weighted by atomic mass is 16.6. The van der Waals surface area contributed by atoms with Crippen molar-refractivity contribution in [3.8, 4) is 11.1 Å². The van der Waals surface area contributed by atoms with E-state index < -0.39 is 12.2 Å². The monoisotopic (exact) mass is 389 g/mol. The summed E-state index contributed by atoms with van der Waals surface area (Å²) in [6.45, 7) is 4.08. The Hall–Kier alpha value is -3.11. The normalized spacial score (nSPS) is 12.8. The molecule has 0 heterocycles. The van der Waals surface area contributed by atoms with Crippen molar-refractivity contribution in [2.24, 2.45) is 0 Å². The predicted molar refractivity (Wildman–Crippen MR) is 115 cm³/mol. The number of hydrogen-bond acceptors (Lipinski definition) is 3. The van der Waals surface area contributed by atoms with E-state index in [1.807, 2.05) is 91.9 Å². The summed E-state index contributed by atoms with van der Waals surface area (Å²) in [5.74, 6) is 0. The van der Waals surface area contributed by atoms with Crippen LogP contribution >= 0.6 is 0 Å². The number of rotatable bonds is 7. The molecule has 0 aliphatic rings. The minimum Gasteiger partial charge on any atom is -0.442 e. The SMILES string of the molecule is C[C@H](OC(=O)N(Cc1ccccc1-c1ccccc1)C[C@@H](C)O)c1ccccc1. The first kappa shape index (κ1) is 20.6. The molecule has 0 saturated heterocycles. The van der Waals surface area contributed by atoms with Crippen LogP contribution in [-0.2, 0) is 11.3 Å². The van der Waals surface area contributed by atoms with E-state index in [0.29, 0.717) is 6.54 Å². The van der Waals surface area contributed by atoms with Crippen LogP contribution in [0.1, 0.15) is 31.1 Å².